The quantitative estimate of drug-likeness (QED) is 0.528. The first kappa shape index (κ1) is 5.15. The molecule has 0 aromatic carbocycles. The molecule has 0 saturated carbocycles. The minimum absolute atomic E-state index is 0.211. The molecule has 8 heavy (non-hydrogen) atoms. The molecule has 0 aliphatic carbocycles. The standard InChI is InChI=1S/C5H8N2O/c1-4-3-5(8)7(2)6-4/h3,8H,1-2H3. The van der Waals surface area contributed by atoms with Crippen LogP contribution < -0.4 is 0 Å². The molecule has 1 heterocycles. The molecule has 3 nitrogen and oxygen atoms in total. The maximum atomic E-state index is 8.84. The van der Waals surface area contributed by atoms with Gasteiger partial charge in [-0.3, -0.25) is 0 Å². The molecule has 0 amide bonds. The molecular formula is C5H8N2O. The van der Waals surface area contributed by atoms with Gasteiger partial charge in [-0.05, 0) is 6.92 Å². The Kier molecular flexibility index (Phi) is 0.970. The lowest BCUT2D eigenvalue weighted by Gasteiger charge is -1.86. The van der Waals surface area contributed by atoms with Gasteiger partial charge >= 0.3 is 0 Å². The first-order valence-electron chi connectivity index (χ1n) is 2.40. The molecule has 1 rings (SSSR count). The molecule has 0 aliphatic heterocycles. The van der Waals surface area contributed by atoms with Gasteiger partial charge < -0.3 is 5.11 Å². The summed E-state index contributed by atoms with van der Waals surface area (Å²) >= 11 is 0. The molecule has 44 valence electrons. The number of rotatable bonds is 0. The highest BCUT2D eigenvalue weighted by atomic mass is 16.3. The van der Waals surface area contributed by atoms with Crippen LogP contribution in [0.15, 0.2) is 6.07 Å². The van der Waals surface area contributed by atoms with Gasteiger partial charge in [-0.1, -0.05) is 0 Å². The van der Waals surface area contributed by atoms with E-state index in [0.29, 0.717) is 0 Å². The van der Waals surface area contributed by atoms with Crippen molar-refractivity contribution >= 4 is 0 Å². The van der Waals surface area contributed by atoms with Gasteiger partial charge in [0.2, 0.25) is 5.88 Å². The summed E-state index contributed by atoms with van der Waals surface area (Å²) in [4.78, 5) is 0. The van der Waals surface area contributed by atoms with Gasteiger partial charge in [-0.15, -0.1) is 0 Å². The van der Waals surface area contributed by atoms with Gasteiger partial charge in [0.1, 0.15) is 0 Å². The second-order valence-electron chi connectivity index (χ2n) is 1.77. The van der Waals surface area contributed by atoms with Crippen LogP contribution in [-0.2, 0) is 7.05 Å². The summed E-state index contributed by atoms with van der Waals surface area (Å²) in [5.74, 6) is 0.211. The molecule has 0 unspecified atom stereocenters. The molecule has 0 aliphatic rings. The molecule has 0 radical (unpaired) electrons. The van der Waals surface area contributed by atoms with E-state index in [1.54, 1.807) is 13.1 Å². The summed E-state index contributed by atoms with van der Waals surface area (Å²) in [6.07, 6.45) is 0. The fourth-order valence-corrected chi connectivity index (χ4v) is 0.597. The summed E-state index contributed by atoms with van der Waals surface area (Å²) in [7, 11) is 1.70. The minimum Gasteiger partial charge on any atom is -0.493 e. The Morgan fingerprint density at radius 3 is 2.50 bits per heavy atom. The second kappa shape index (κ2) is 1.51. The Morgan fingerprint density at radius 1 is 1.75 bits per heavy atom. The zero-order valence-corrected chi connectivity index (χ0v) is 4.92. The maximum absolute atomic E-state index is 8.84. The van der Waals surface area contributed by atoms with Crippen LogP contribution in [0.25, 0.3) is 0 Å². The number of nitrogens with zero attached hydrogens (tertiary/aromatic N) is 2. The fourth-order valence-electron chi connectivity index (χ4n) is 0.597. The monoisotopic (exact) mass is 112 g/mol. The van der Waals surface area contributed by atoms with Crippen molar-refractivity contribution < 1.29 is 5.11 Å². The van der Waals surface area contributed by atoms with Crippen LogP contribution in [0.2, 0.25) is 0 Å². The predicted molar refractivity (Wildman–Crippen MR) is 29.6 cm³/mol. The fraction of sp³-hybridized carbons (Fsp3) is 0.400. The van der Waals surface area contributed by atoms with E-state index in [1.165, 1.54) is 4.68 Å². The van der Waals surface area contributed by atoms with E-state index in [4.69, 9.17) is 5.11 Å². The van der Waals surface area contributed by atoms with E-state index in [1.807, 2.05) is 6.92 Å². The molecule has 0 atom stereocenters. The Morgan fingerprint density at radius 2 is 2.38 bits per heavy atom. The smallest absolute Gasteiger partial charge is 0.209 e. The van der Waals surface area contributed by atoms with Crippen LogP contribution in [0, 0.1) is 6.92 Å². The van der Waals surface area contributed by atoms with Crippen molar-refractivity contribution in [2.24, 2.45) is 7.05 Å². The molecule has 1 aromatic heterocycles. The highest BCUT2D eigenvalue weighted by Gasteiger charge is 1.94. The normalized spacial score (nSPS) is 9.75. The Balaban J connectivity index is 3.14. The molecule has 1 aromatic rings. The van der Waals surface area contributed by atoms with Crippen molar-refractivity contribution in [3.05, 3.63) is 11.8 Å². The van der Waals surface area contributed by atoms with Crippen molar-refractivity contribution in [2.75, 3.05) is 0 Å². The molecule has 0 saturated heterocycles. The number of hydrogen-bond donors (Lipinski definition) is 1. The number of aromatic hydroxyl groups is 1. The van der Waals surface area contributed by atoms with Gasteiger partial charge in [0.25, 0.3) is 0 Å². The largest absolute Gasteiger partial charge is 0.493 e. The van der Waals surface area contributed by atoms with Crippen LogP contribution in [0.4, 0.5) is 0 Å². The lowest BCUT2D eigenvalue weighted by molar-refractivity contribution is 0.419. The molecule has 0 spiro atoms. The predicted octanol–water partition coefficient (Wildman–Crippen LogP) is 0.434. The summed E-state index contributed by atoms with van der Waals surface area (Å²) in [5.41, 5.74) is 0.838. The van der Waals surface area contributed by atoms with E-state index >= 15 is 0 Å². The third kappa shape index (κ3) is 0.665. The first-order chi connectivity index (χ1) is 3.70. The van der Waals surface area contributed by atoms with E-state index in [-0.39, 0.29) is 5.88 Å². The van der Waals surface area contributed by atoms with Crippen LogP contribution >= 0.6 is 0 Å². The van der Waals surface area contributed by atoms with Crippen LogP contribution in [-0.4, -0.2) is 14.9 Å². The van der Waals surface area contributed by atoms with E-state index in [2.05, 4.69) is 5.10 Å². The minimum atomic E-state index is 0.211. The molecule has 3 heteroatoms. The van der Waals surface area contributed by atoms with Crippen molar-refractivity contribution in [1.29, 1.82) is 0 Å². The number of aryl methyl sites for hydroxylation is 2. The summed E-state index contributed by atoms with van der Waals surface area (Å²) in [6.45, 7) is 1.83. The van der Waals surface area contributed by atoms with Crippen molar-refractivity contribution in [3.63, 3.8) is 0 Å². The highest BCUT2D eigenvalue weighted by Crippen LogP contribution is 2.06. The molecule has 0 fully saturated rings. The Bertz CT molecular complexity index is 173. The van der Waals surface area contributed by atoms with E-state index in [0.717, 1.165) is 5.69 Å². The van der Waals surface area contributed by atoms with Crippen molar-refractivity contribution in [2.45, 2.75) is 6.92 Å². The van der Waals surface area contributed by atoms with Crippen molar-refractivity contribution in [1.82, 2.24) is 9.78 Å². The Hall–Kier alpha value is -0.990. The number of hydrogen-bond acceptors (Lipinski definition) is 2. The van der Waals surface area contributed by atoms with Crippen molar-refractivity contribution in [3.8, 4) is 5.88 Å². The van der Waals surface area contributed by atoms with E-state index < -0.39 is 0 Å². The summed E-state index contributed by atoms with van der Waals surface area (Å²) < 4.78 is 1.43. The second-order valence-corrected chi connectivity index (χ2v) is 1.77. The maximum Gasteiger partial charge on any atom is 0.209 e. The zero-order chi connectivity index (χ0) is 6.15. The SMILES string of the molecule is Cc1cc(O)n(C)n1. The van der Waals surface area contributed by atoms with Crippen LogP contribution in [0.1, 0.15) is 5.69 Å². The molecule has 0 bridgehead atoms. The summed E-state index contributed by atoms with van der Waals surface area (Å²) in [6, 6.07) is 1.61. The van der Waals surface area contributed by atoms with Crippen LogP contribution in [0.3, 0.4) is 0 Å². The third-order valence-corrected chi connectivity index (χ3v) is 0.977. The Labute approximate surface area is 47.6 Å². The van der Waals surface area contributed by atoms with E-state index in [9.17, 15) is 0 Å². The number of aromatic nitrogens is 2. The molecular weight excluding hydrogens is 104 g/mol. The lowest BCUT2D eigenvalue weighted by Crippen LogP contribution is -1.88. The average molecular weight is 112 g/mol. The van der Waals surface area contributed by atoms with Gasteiger partial charge in [0.15, 0.2) is 0 Å². The van der Waals surface area contributed by atoms with Gasteiger partial charge in [-0.25, -0.2) is 4.68 Å². The highest BCUT2D eigenvalue weighted by molar-refractivity contribution is 5.11. The molecule has 1 N–H and O–H groups in total. The average Bonchev–Trinajstić information content (AvgIpc) is 1.85. The first-order valence-corrected chi connectivity index (χ1v) is 2.40. The van der Waals surface area contributed by atoms with Gasteiger partial charge in [0, 0.05) is 13.1 Å². The summed E-state index contributed by atoms with van der Waals surface area (Å²) in [5, 5.41) is 12.7. The van der Waals surface area contributed by atoms with Gasteiger partial charge in [-0.2, -0.15) is 5.10 Å². The topological polar surface area (TPSA) is 38.0 Å². The van der Waals surface area contributed by atoms with Gasteiger partial charge in [0.05, 0.1) is 5.69 Å². The zero-order valence-electron chi connectivity index (χ0n) is 4.92. The third-order valence-electron chi connectivity index (χ3n) is 0.977. The lowest BCUT2D eigenvalue weighted by atomic mass is 10.5. The van der Waals surface area contributed by atoms with Crippen LogP contribution in [0.5, 0.6) is 5.88 Å².